The maximum Gasteiger partial charge on any atom is 0.321 e. The van der Waals surface area contributed by atoms with E-state index in [1.165, 1.54) is 0 Å². The number of amides is 2. The van der Waals surface area contributed by atoms with Gasteiger partial charge in [0.15, 0.2) is 17.3 Å². The molecule has 9 nitrogen and oxygen atoms in total. The largest absolute Gasteiger partial charge is 0.481 e. The molecule has 0 aliphatic carbocycles. The summed E-state index contributed by atoms with van der Waals surface area (Å²) in [5, 5.41) is 3.29. The zero-order valence-corrected chi connectivity index (χ0v) is 20.9. The van der Waals surface area contributed by atoms with Crippen molar-refractivity contribution in [1.29, 1.82) is 0 Å². The lowest BCUT2D eigenvalue weighted by atomic mass is 10.1. The summed E-state index contributed by atoms with van der Waals surface area (Å²) in [5.41, 5.74) is 2.12. The fourth-order valence-corrected chi connectivity index (χ4v) is 4.55. The first-order chi connectivity index (χ1) is 18.5. The number of benzene rings is 3. The number of urea groups is 1. The van der Waals surface area contributed by atoms with Gasteiger partial charge in [0.1, 0.15) is 12.2 Å². The molecule has 6 rings (SSSR count). The number of likely N-dealkylation sites (N-methyl/N-ethyl adjacent to an activating group) is 1. The Bertz CT molecular complexity index is 1540. The van der Waals surface area contributed by atoms with E-state index in [1.807, 2.05) is 37.4 Å². The second-order valence-electron chi connectivity index (χ2n) is 9.36. The molecule has 3 aromatic carbocycles. The molecule has 0 saturated carbocycles. The topological polar surface area (TPSA) is 93.5 Å². The molecule has 0 unspecified atom stereocenters. The number of piperazine rings is 1. The van der Waals surface area contributed by atoms with Crippen LogP contribution in [0.4, 0.5) is 10.5 Å². The van der Waals surface area contributed by atoms with Gasteiger partial charge in [-0.2, -0.15) is 0 Å². The van der Waals surface area contributed by atoms with E-state index >= 15 is 0 Å². The van der Waals surface area contributed by atoms with E-state index in [1.54, 1.807) is 41.3 Å². The molecule has 2 aliphatic heterocycles. The Morgan fingerprint density at radius 3 is 2.55 bits per heavy atom. The number of hydrogen-bond donors (Lipinski definition) is 1. The highest BCUT2D eigenvalue weighted by molar-refractivity contribution is 5.93. The Labute approximate surface area is 219 Å². The van der Waals surface area contributed by atoms with Crippen LogP contribution in [0.1, 0.15) is 5.56 Å². The van der Waals surface area contributed by atoms with Gasteiger partial charge < -0.3 is 33.7 Å². The highest BCUT2D eigenvalue weighted by atomic mass is 16.7. The van der Waals surface area contributed by atoms with Gasteiger partial charge in [-0.3, -0.25) is 4.79 Å². The summed E-state index contributed by atoms with van der Waals surface area (Å²) in [6, 6.07) is 19.8. The van der Waals surface area contributed by atoms with Crippen LogP contribution in [0.15, 0.2) is 75.9 Å². The Morgan fingerprint density at radius 1 is 0.947 bits per heavy atom. The van der Waals surface area contributed by atoms with Crippen LogP contribution in [0.25, 0.3) is 22.3 Å². The second kappa shape index (κ2) is 10.1. The van der Waals surface area contributed by atoms with E-state index in [-0.39, 0.29) is 36.4 Å². The van der Waals surface area contributed by atoms with E-state index in [0.29, 0.717) is 46.8 Å². The summed E-state index contributed by atoms with van der Waals surface area (Å²) in [5.74, 6) is 1.57. The van der Waals surface area contributed by atoms with Crippen molar-refractivity contribution in [3.63, 3.8) is 0 Å². The molecular formula is C29H27N3O6. The predicted molar refractivity (Wildman–Crippen MR) is 143 cm³/mol. The van der Waals surface area contributed by atoms with Gasteiger partial charge in [-0.05, 0) is 42.9 Å². The molecule has 0 radical (unpaired) electrons. The van der Waals surface area contributed by atoms with Crippen LogP contribution in [0.3, 0.4) is 0 Å². The maximum absolute atomic E-state index is 13.6. The third-order valence-electron chi connectivity index (χ3n) is 6.75. The first-order valence-electron chi connectivity index (χ1n) is 12.5. The molecule has 1 fully saturated rings. The fourth-order valence-electron chi connectivity index (χ4n) is 4.55. The fraction of sp³-hybridized carbons (Fsp3) is 0.241. The van der Waals surface area contributed by atoms with Gasteiger partial charge in [0, 0.05) is 43.5 Å². The van der Waals surface area contributed by atoms with Gasteiger partial charge in [0.25, 0.3) is 0 Å². The molecule has 0 bridgehead atoms. The molecule has 2 amide bonds. The van der Waals surface area contributed by atoms with Gasteiger partial charge >= 0.3 is 6.03 Å². The van der Waals surface area contributed by atoms with Crippen molar-refractivity contribution >= 4 is 22.7 Å². The van der Waals surface area contributed by atoms with Gasteiger partial charge in [-0.15, -0.1) is 0 Å². The highest BCUT2D eigenvalue weighted by Crippen LogP contribution is 2.39. The van der Waals surface area contributed by atoms with E-state index < -0.39 is 0 Å². The Balaban J connectivity index is 1.37. The number of nitrogens with zero attached hydrogens (tertiary/aromatic N) is 2. The minimum atomic E-state index is -0.299. The number of hydrogen-bond acceptors (Lipinski definition) is 7. The van der Waals surface area contributed by atoms with Crippen LogP contribution < -0.4 is 25.0 Å². The lowest BCUT2D eigenvalue weighted by Crippen LogP contribution is -2.48. The Hall–Kier alpha value is -4.50. The number of ether oxygens (including phenoxy) is 3. The summed E-state index contributed by atoms with van der Waals surface area (Å²) < 4.78 is 23.3. The summed E-state index contributed by atoms with van der Waals surface area (Å²) in [6.07, 6.45) is 0. The molecule has 9 heteroatoms. The van der Waals surface area contributed by atoms with E-state index in [0.717, 1.165) is 18.7 Å². The summed E-state index contributed by atoms with van der Waals surface area (Å²) in [4.78, 5) is 30.4. The van der Waals surface area contributed by atoms with Gasteiger partial charge in [-0.1, -0.05) is 30.3 Å². The maximum atomic E-state index is 13.6. The molecule has 38 heavy (non-hydrogen) atoms. The highest BCUT2D eigenvalue weighted by Gasteiger charge is 2.23. The van der Waals surface area contributed by atoms with Gasteiger partial charge in [-0.25, -0.2) is 4.79 Å². The van der Waals surface area contributed by atoms with Crippen molar-refractivity contribution in [1.82, 2.24) is 9.80 Å². The average molecular weight is 514 g/mol. The molecule has 194 valence electrons. The molecule has 0 spiro atoms. The first kappa shape index (κ1) is 23.9. The van der Waals surface area contributed by atoms with Crippen LogP contribution >= 0.6 is 0 Å². The summed E-state index contributed by atoms with van der Waals surface area (Å²) >= 11 is 0. The summed E-state index contributed by atoms with van der Waals surface area (Å²) in [6.45, 7) is 3.29. The number of nitrogens with one attached hydrogen (secondary N) is 1. The molecule has 1 saturated heterocycles. The minimum Gasteiger partial charge on any atom is -0.481 e. The number of carbonyl (C=O) groups is 1. The third-order valence-corrected chi connectivity index (χ3v) is 6.75. The number of rotatable bonds is 5. The van der Waals surface area contributed by atoms with Crippen molar-refractivity contribution in [2.24, 2.45) is 0 Å². The lowest BCUT2D eigenvalue weighted by Gasteiger charge is -2.32. The smallest absolute Gasteiger partial charge is 0.321 e. The van der Waals surface area contributed by atoms with Crippen molar-refractivity contribution in [2.45, 2.75) is 6.61 Å². The third kappa shape index (κ3) is 4.76. The first-order valence-corrected chi connectivity index (χ1v) is 12.5. The molecule has 4 aromatic rings. The Kier molecular flexibility index (Phi) is 6.35. The molecule has 0 atom stereocenters. The monoisotopic (exact) mass is 513 g/mol. The predicted octanol–water partition coefficient (Wildman–Crippen LogP) is 4.55. The molecule has 1 N–H and O–H groups in total. The van der Waals surface area contributed by atoms with Crippen LogP contribution in [-0.2, 0) is 6.61 Å². The standard InChI is InChI=1S/C29H27N3O6/c1-31-11-13-32(14-12-31)29(34)30-21-8-9-22-24(16-21)38-27(20-7-10-23-25(15-20)37-18-36-23)28(26(22)33)35-17-19-5-3-2-4-6-19/h2-10,15-16H,11-14,17-18H2,1H3,(H,30,34). The lowest BCUT2D eigenvalue weighted by molar-refractivity contribution is 0.164. The van der Waals surface area contributed by atoms with E-state index in [9.17, 15) is 9.59 Å². The van der Waals surface area contributed by atoms with E-state index in [4.69, 9.17) is 18.6 Å². The average Bonchev–Trinajstić information content (AvgIpc) is 3.41. The van der Waals surface area contributed by atoms with Gasteiger partial charge in [0.05, 0.1) is 5.39 Å². The quantitative estimate of drug-likeness (QED) is 0.419. The van der Waals surface area contributed by atoms with Crippen molar-refractivity contribution in [3.8, 4) is 28.6 Å². The van der Waals surface area contributed by atoms with Crippen molar-refractivity contribution < 1.29 is 23.4 Å². The minimum absolute atomic E-state index is 0.106. The number of fused-ring (bicyclic) bond motifs is 2. The van der Waals surface area contributed by atoms with Crippen LogP contribution in [0, 0.1) is 0 Å². The number of anilines is 1. The van der Waals surface area contributed by atoms with E-state index in [2.05, 4.69) is 10.2 Å². The second-order valence-corrected chi connectivity index (χ2v) is 9.36. The van der Waals surface area contributed by atoms with Crippen LogP contribution in [-0.4, -0.2) is 55.9 Å². The van der Waals surface area contributed by atoms with Crippen LogP contribution in [0.5, 0.6) is 17.2 Å². The zero-order valence-electron chi connectivity index (χ0n) is 20.9. The number of carbonyl (C=O) groups excluding carboxylic acids is 1. The zero-order chi connectivity index (χ0) is 26.1. The van der Waals surface area contributed by atoms with Crippen molar-refractivity contribution in [3.05, 3.63) is 82.5 Å². The normalized spacial score (nSPS) is 15.0. The summed E-state index contributed by atoms with van der Waals surface area (Å²) in [7, 11) is 2.04. The molecule has 2 aliphatic rings. The molecule has 1 aromatic heterocycles. The van der Waals surface area contributed by atoms with Crippen molar-refractivity contribution in [2.75, 3.05) is 45.3 Å². The molecule has 3 heterocycles. The van der Waals surface area contributed by atoms with Gasteiger partial charge in [0.2, 0.25) is 18.0 Å². The SMILES string of the molecule is CN1CCN(C(=O)Nc2ccc3c(=O)c(OCc4ccccc4)c(-c4ccc5c(c4)OCO5)oc3c2)CC1. The Morgan fingerprint density at radius 2 is 1.74 bits per heavy atom. The molecular weight excluding hydrogens is 486 g/mol. The van der Waals surface area contributed by atoms with Crippen LogP contribution in [0.2, 0.25) is 0 Å².